The number of carboxylic acid groups (broad SMARTS) is 1. The van der Waals surface area contributed by atoms with Crippen molar-refractivity contribution < 1.29 is 15.0 Å². The van der Waals surface area contributed by atoms with Gasteiger partial charge in [-0.05, 0) is 31.4 Å². The molecule has 0 heterocycles. The number of hydrogen-bond acceptors (Lipinski definition) is 3. The third-order valence-corrected chi connectivity index (χ3v) is 2.73. The maximum absolute atomic E-state index is 10.5. The summed E-state index contributed by atoms with van der Waals surface area (Å²) in [6.07, 6.45) is 0.480. The number of carbonyl (C=O) groups is 1. The Morgan fingerprint density at radius 2 is 1.78 bits per heavy atom. The SMILES string of the molecule is CC(O)CC(C)NCc1ccc(CC(=O)O)cc1. The second-order valence-electron chi connectivity index (χ2n) is 4.75. The standard InChI is InChI=1S/C14H21NO3/c1-10(7-11(2)16)15-9-13-5-3-12(4-6-13)8-14(17)18/h3-6,10-11,15-16H,7-9H2,1-2H3,(H,17,18). The van der Waals surface area contributed by atoms with E-state index in [0.29, 0.717) is 0 Å². The number of carboxylic acids is 1. The zero-order valence-corrected chi connectivity index (χ0v) is 10.9. The Balaban J connectivity index is 2.41. The lowest BCUT2D eigenvalue weighted by Crippen LogP contribution is -2.28. The molecule has 3 N–H and O–H groups in total. The molecule has 0 saturated heterocycles. The van der Waals surface area contributed by atoms with E-state index < -0.39 is 5.97 Å². The molecule has 0 fully saturated rings. The van der Waals surface area contributed by atoms with Crippen molar-refractivity contribution in [2.75, 3.05) is 0 Å². The van der Waals surface area contributed by atoms with Crippen LogP contribution in [0.15, 0.2) is 24.3 Å². The molecule has 0 bridgehead atoms. The van der Waals surface area contributed by atoms with E-state index in [0.717, 1.165) is 24.1 Å². The summed E-state index contributed by atoms with van der Waals surface area (Å²) < 4.78 is 0. The van der Waals surface area contributed by atoms with Crippen LogP contribution in [0.3, 0.4) is 0 Å². The van der Waals surface area contributed by atoms with Crippen molar-refractivity contribution in [3.63, 3.8) is 0 Å². The Hall–Kier alpha value is -1.39. The molecule has 18 heavy (non-hydrogen) atoms. The van der Waals surface area contributed by atoms with Gasteiger partial charge in [-0.15, -0.1) is 0 Å². The van der Waals surface area contributed by atoms with Gasteiger partial charge in [0.1, 0.15) is 0 Å². The molecule has 0 amide bonds. The van der Waals surface area contributed by atoms with Crippen LogP contribution in [0, 0.1) is 0 Å². The van der Waals surface area contributed by atoms with Gasteiger partial charge in [0.25, 0.3) is 0 Å². The lowest BCUT2D eigenvalue weighted by molar-refractivity contribution is -0.136. The number of benzene rings is 1. The van der Waals surface area contributed by atoms with Gasteiger partial charge in [0, 0.05) is 12.6 Å². The molecular weight excluding hydrogens is 230 g/mol. The molecule has 4 heteroatoms. The maximum Gasteiger partial charge on any atom is 0.307 e. The number of rotatable bonds is 7. The largest absolute Gasteiger partial charge is 0.481 e. The summed E-state index contributed by atoms with van der Waals surface area (Å²) in [6.45, 7) is 4.53. The van der Waals surface area contributed by atoms with E-state index in [4.69, 9.17) is 5.11 Å². The van der Waals surface area contributed by atoms with Crippen molar-refractivity contribution in [1.82, 2.24) is 5.32 Å². The Morgan fingerprint density at radius 3 is 2.28 bits per heavy atom. The van der Waals surface area contributed by atoms with Gasteiger partial charge in [-0.25, -0.2) is 0 Å². The molecule has 1 aromatic rings. The van der Waals surface area contributed by atoms with Crippen LogP contribution in [-0.4, -0.2) is 28.3 Å². The minimum Gasteiger partial charge on any atom is -0.481 e. The van der Waals surface area contributed by atoms with Gasteiger partial charge >= 0.3 is 5.97 Å². The van der Waals surface area contributed by atoms with Crippen LogP contribution in [0.4, 0.5) is 0 Å². The smallest absolute Gasteiger partial charge is 0.307 e. The third kappa shape index (κ3) is 5.80. The fraction of sp³-hybridized carbons (Fsp3) is 0.500. The van der Waals surface area contributed by atoms with E-state index in [2.05, 4.69) is 5.32 Å². The average Bonchev–Trinajstić information content (AvgIpc) is 2.26. The fourth-order valence-electron chi connectivity index (χ4n) is 1.84. The predicted octanol–water partition coefficient (Wildman–Crippen LogP) is 1.56. The highest BCUT2D eigenvalue weighted by molar-refractivity contribution is 5.70. The zero-order valence-electron chi connectivity index (χ0n) is 10.9. The number of aliphatic hydroxyl groups excluding tert-OH is 1. The molecule has 1 rings (SSSR count). The van der Waals surface area contributed by atoms with Gasteiger partial charge in [-0.2, -0.15) is 0 Å². The van der Waals surface area contributed by atoms with Gasteiger partial charge in [0.2, 0.25) is 0 Å². The first-order chi connectivity index (χ1) is 8.47. The molecule has 2 unspecified atom stereocenters. The van der Waals surface area contributed by atoms with Gasteiger partial charge in [0.05, 0.1) is 12.5 Å². The van der Waals surface area contributed by atoms with E-state index in [1.54, 1.807) is 6.92 Å². The van der Waals surface area contributed by atoms with Gasteiger partial charge < -0.3 is 15.5 Å². The van der Waals surface area contributed by atoms with Crippen LogP contribution in [-0.2, 0) is 17.8 Å². The lowest BCUT2D eigenvalue weighted by atomic mass is 10.1. The van der Waals surface area contributed by atoms with Crippen LogP contribution in [0.1, 0.15) is 31.4 Å². The molecule has 0 aliphatic rings. The molecule has 1 aromatic carbocycles. The molecule has 4 nitrogen and oxygen atoms in total. The highest BCUT2D eigenvalue weighted by atomic mass is 16.4. The molecule has 0 spiro atoms. The first kappa shape index (κ1) is 14.7. The van der Waals surface area contributed by atoms with Gasteiger partial charge in [-0.1, -0.05) is 24.3 Å². The second-order valence-corrected chi connectivity index (χ2v) is 4.75. The molecule has 0 saturated carbocycles. The monoisotopic (exact) mass is 251 g/mol. The summed E-state index contributed by atoms with van der Waals surface area (Å²) in [5, 5.41) is 21.2. The van der Waals surface area contributed by atoms with Crippen LogP contribution in [0.5, 0.6) is 0 Å². The lowest BCUT2D eigenvalue weighted by Gasteiger charge is -2.15. The molecule has 0 aliphatic heterocycles. The van der Waals surface area contributed by atoms with Crippen molar-refractivity contribution in [2.45, 2.75) is 45.4 Å². The highest BCUT2D eigenvalue weighted by Crippen LogP contribution is 2.06. The Kier molecular flexibility index (Phi) is 5.82. The number of aliphatic hydroxyl groups is 1. The maximum atomic E-state index is 10.5. The van der Waals surface area contributed by atoms with Crippen LogP contribution in [0.2, 0.25) is 0 Å². The summed E-state index contributed by atoms with van der Waals surface area (Å²) in [7, 11) is 0. The average molecular weight is 251 g/mol. The fourth-order valence-corrected chi connectivity index (χ4v) is 1.84. The van der Waals surface area contributed by atoms with Crippen LogP contribution < -0.4 is 5.32 Å². The van der Waals surface area contributed by atoms with E-state index in [1.165, 1.54) is 0 Å². The van der Waals surface area contributed by atoms with Gasteiger partial charge in [0.15, 0.2) is 0 Å². The molecule has 0 aliphatic carbocycles. The Labute approximate surface area is 108 Å². The minimum atomic E-state index is -0.813. The third-order valence-electron chi connectivity index (χ3n) is 2.73. The summed E-state index contributed by atoms with van der Waals surface area (Å²) in [5.74, 6) is -0.813. The second kappa shape index (κ2) is 7.13. The van der Waals surface area contributed by atoms with E-state index in [1.807, 2.05) is 31.2 Å². The molecule has 2 atom stereocenters. The van der Waals surface area contributed by atoms with Crippen LogP contribution in [0.25, 0.3) is 0 Å². The normalized spacial score (nSPS) is 14.2. The van der Waals surface area contributed by atoms with Gasteiger partial charge in [-0.3, -0.25) is 4.79 Å². The quantitative estimate of drug-likeness (QED) is 0.688. The predicted molar refractivity (Wildman–Crippen MR) is 70.4 cm³/mol. The van der Waals surface area contributed by atoms with Crippen molar-refractivity contribution in [3.05, 3.63) is 35.4 Å². The Bertz CT molecular complexity index is 373. The summed E-state index contributed by atoms with van der Waals surface area (Å²) in [6, 6.07) is 7.79. The summed E-state index contributed by atoms with van der Waals surface area (Å²) in [4.78, 5) is 10.5. The van der Waals surface area contributed by atoms with E-state index >= 15 is 0 Å². The zero-order chi connectivity index (χ0) is 13.5. The first-order valence-corrected chi connectivity index (χ1v) is 6.18. The Morgan fingerprint density at radius 1 is 1.22 bits per heavy atom. The number of aliphatic carboxylic acids is 1. The van der Waals surface area contributed by atoms with Crippen molar-refractivity contribution in [1.29, 1.82) is 0 Å². The molecule has 0 radical (unpaired) electrons. The number of nitrogens with one attached hydrogen (secondary N) is 1. The minimum absolute atomic E-state index is 0.0616. The summed E-state index contributed by atoms with van der Waals surface area (Å²) in [5.41, 5.74) is 1.92. The first-order valence-electron chi connectivity index (χ1n) is 6.18. The topological polar surface area (TPSA) is 69.6 Å². The number of hydrogen-bond donors (Lipinski definition) is 3. The van der Waals surface area contributed by atoms with Crippen LogP contribution >= 0.6 is 0 Å². The van der Waals surface area contributed by atoms with Crippen molar-refractivity contribution >= 4 is 5.97 Å². The van der Waals surface area contributed by atoms with Crippen molar-refractivity contribution in [2.24, 2.45) is 0 Å². The highest BCUT2D eigenvalue weighted by Gasteiger charge is 2.05. The molecule has 100 valence electrons. The van der Waals surface area contributed by atoms with E-state index in [-0.39, 0.29) is 18.6 Å². The van der Waals surface area contributed by atoms with E-state index in [9.17, 15) is 9.90 Å². The molecule has 0 aromatic heterocycles. The summed E-state index contributed by atoms with van der Waals surface area (Å²) >= 11 is 0. The molecular formula is C14H21NO3. The van der Waals surface area contributed by atoms with Crippen molar-refractivity contribution in [3.8, 4) is 0 Å².